The first-order valence-corrected chi connectivity index (χ1v) is 11.8. The Morgan fingerprint density at radius 3 is 2.03 bits per heavy atom. The highest BCUT2D eigenvalue weighted by Gasteiger charge is 2.34. The molecule has 3 aromatic carbocycles. The average molecular weight is 471 g/mol. The molecule has 0 aliphatic heterocycles. The first-order valence-electron chi connectivity index (χ1n) is 11.8. The van der Waals surface area contributed by atoms with Crippen molar-refractivity contribution in [2.24, 2.45) is 5.92 Å². The number of carbonyl (C=O) groups is 3. The van der Waals surface area contributed by atoms with Crippen LogP contribution in [0.1, 0.15) is 46.7 Å². The summed E-state index contributed by atoms with van der Waals surface area (Å²) in [6.07, 6.45) is 2.01. The molecule has 0 saturated heterocycles. The first kappa shape index (κ1) is 22.7. The van der Waals surface area contributed by atoms with Gasteiger partial charge in [-0.1, -0.05) is 55.0 Å². The minimum atomic E-state index is -1.02. The maximum Gasteiger partial charge on any atom is 0.411 e. The third-order valence-electron chi connectivity index (χ3n) is 6.91. The number of carbonyl (C=O) groups excluding carboxylic acids is 2. The molecule has 1 atom stereocenters. The molecular weight excluding hydrogens is 444 g/mol. The lowest BCUT2D eigenvalue weighted by molar-refractivity contribution is -0.141. The molecule has 0 bridgehead atoms. The molecule has 0 aromatic heterocycles. The predicted molar refractivity (Wildman–Crippen MR) is 131 cm³/mol. The van der Waals surface area contributed by atoms with Crippen molar-refractivity contribution in [2.45, 2.75) is 31.2 Å². The second-order valence-electron chi connectivity index (χ2n) is 9.01. The predicted octanol–water partition coefficient (Wildman–Crippen LogP) is 5.03. The topological polar surface area (TPSA) is 105 Å². The van der Waals surface area contributed by atoms with Crippen LogP contribution in [0.15, 0.2) is 72.8 Å². The molecule has 1 saturated carbocycles. The molecule has 2 aliphatic rings. The first-order chi connectivity index (χ1) is 17.0. The molecule has 1 fully saturated rings. The van der Waals surface area contributed by atoms with E-state index in [0.29, 0.717) is 11.3 Å². The molecule has 0 radical (unpaired) electrons. The van der Waals surface area contributed by atoms with E-state index in [1.165, 1.54) is 0 Å². The lowest BCUT2D eigenvalue weighted by Crippen LogP contribution is -2.48. The highest BCUT2D eigenvalue weighted by atomic mass is 16.5. The van der Waals surface area contributed by atoms with Crippen LogP contribution in [0.25, 0.3) is 11.1 Å². The summed E-state index contributed by atoms with van der Waals surface area (Å²) >= 11 is 0. The zero-order valence-corrected chi connectivity index (χ0v) is 19.1. The number of nitrogens with one attached hydrogen (secondary N) is 2. The van der Waals surface area contributed by atoms with Crippen molar-refractivity contribution in [3.05, 3.63) is 89.5 Å². The molecule has 2 aliphatic carbocycles. The van der Waals surface area contributed by atoms with Crippen LogP contribution in [0.3, 0.4) is 0 Å². The monoisotopic (exact) mass is 470 g/mol. The standard InChI is InChI=1S/C28H26N2O5/c31-26(30-25(27(32)33)17-6-5-7-17)18-12-14-19(15-13-18)29-28(34)35-16-24-22-10-3-1-8-20(22)21-9-2-4-11-23(21)24/h1-4,8-15,17,24-25H,5-7,16H2,(H,29,34)(H,30,31)(H,32,33). The van der Waals surface area contributed by atoms with Gasteiger partial charge in [0.25, 0.3) is 5.91 Å². The number of fused-ring (bicyclic) bond motifs is 3. The van der Waals surface area contributed by atoms with Gasteiger partial charge in [-0.25, -0.2) is 9.59 Å². The Balaban J connectivity index is 1.18. The van der Waals surface area contributed by atoms with E-state index in [1.807, 2.05) is 24.3 Å². The van der Waals surface area contributed by atoms with E-state index in [1.54, 1.807) is 24.3 Å². The zero-order chi connectivity index (χ0) is 24.4. The summed E-state index contributed by atoms with van der Waals surface area (Å²) in [5, 5.41) is 14.7. The van der Waals surface area contributed by atoms with Crippen molar-refractivity contribution in [1.29, 1.82) is 0 Å². The van der Waals surface area contributed by atoms with E-state index >= 15 is 0 Å². The summed E-state index contributed by atoms with van der Waals surface area (Å²) in [5.41, 5.74) is 5.40. The van der Waals surface area contributed by atoms with Crippen LogP contribution < -0.4 is 10.6 Å². The van der Waals surface area contributed by atoms with Crippen molar-refractivity contribution in [2.75, 3.05) is 11.9 Å². The van der Waals surface area contributed by atoms with Crippen LogP contribution in [0, 0.1) is 5.92 Å². The van der Waals surface area contributed by atoms with Crippen molar-refractivity contribution >= 4 is 23.7 Å². The maximum absolute atomic E-state index is 12.5. The highest BCUT2D eigenvalue weighted by Crippen LogP contribution is 2.44. The molecule has 3 N–H and O–H groups in total. The molecule has 3 aromatic rings. The molecule has 0 spiro atoms. The van der Waals surface area contributed by atoms with E-state index in [0.717, 1.165) is 41.5 Å². The summed E-state index contributed by atoms with van der Waals surface area (Å²) in [6.45, 7) is 0.206. The summed E-state index contributed by atoms with van der Waals surface area (Å²) in [5.74, 6) is -1.52. The zero-order valence-electron chi connectivity index (χ0n) is 19.1. The Kier molecular flexibility index (Phi) is 6.23. The molecular formula is C28H26N2O5. The van der Waals surface area contributed by atoms with Crippen LogP contribution in [-0.4, -0.2) is 35.7 Å². The molecule has 7 heteroatoms. The molecule has 0 heterocycles. The number of carboxylic acids is 1. The van der Waals surface area contributed by atoms with Crippen LogP contribution in [0.2, 0.25) is 0 Å². The number of hydrogen-bond donors (Lipinski definition) is 3. The largest absolute Gasteiger partial charge is 0.480 e. The number of carboxylic acid groups (broad SMARTS) is 1. The molecule has 1 unspecified atom stereocenters. The van der Waals surface area contributed by atoms with Gasteiger partial charge in [-0.3, -0.25) is 10.1 Å². The van der Waals surface area contributed by atoms with Gasteiger partial charge in [0.05, 0.1) is 0 Å². The van der Waals surface area contributed by atoms with Gasteiger partial charge in [-0.05, 0) is 65.3 Å². The van der Waals surface area contributed by atoms with E-state index in [2.05, 4.69) is 34.9 Å². The molecule has 2 amide bonds. The third kappa shape index (κ3) is 4.62. The molecule has 5 rings (SSSR count). The minimum Gasteiger partial charge on any atom is -0.480 e. The average Bonchev–Trinajstić information content (AvgIpc) is 3.15. The van der Waals surface area contributed by atoms with Gasteiger partial charge in [0.2, 0.25) is 0 Å². The number of benzene rings is 3. The summed E-state index contributed by atoms with van der Waals surface area (Å²) in [6, 6.07) is 21.7. The Morgan fingerprint density at radius 1 is 0.886 bits per heavy atom. The van der Waals surface area contributed by atoms with E-state index in [-0.39, 0.29) is 18.4 Å². The van der Waals surface area contributed by atoms with Crippen LogP contribution in [0.5, 0.6) is 0 Å². The van der Waals surface area contributed by atoms with Gasteiger partial charge in [-0.2, -0.15) is 0 Å². The van der Waals surface area contributed by atoms with Gasteiger partial charge >= 0.3 is 12.1 Å². The smallest absolute Gasteiger partial charge is 0.411 e. The normalized spacial score (nSPS) is 15.3. The van der Waals surface area contributed by atoms with Crippen molar-refractivity contribution in [3.8, 4) is 11.1 Å². The van der Waals surface area contributed by atoms with Gasteiger partial charge in [0, 0.05) is 17.2 Å². The highest BCUT2D eigenvalue weighted by molar-refractivity contribution is 5.97. The van der Waals surface area contributed by atoms with E-state index in [4.69, 9.17) is 4.74 Å². The van der Waals surface area contributed by atoms with Crippen molar-refractivity contribution in [1.82, 2.24) is 5.32 Å². The third-order valence-corrected chi connectivity index (χ3v) is 6.91. The van der Waals surface area contributed by atoms with E-state index in [9.17, 15) is 19.5 Å². The second-order valence-corrected chi connectivity index (χ2v) is 9.01. The van der Waals surface area contributed by atoms with Crippen LogP contribution in [0.4, 0.5) is 10.5 Å². The van der Waals surface area contributed by atoms with Gasteiger partial charge in [0.15, 0.2) is 0 Å². The lowest BCUT2D eigenvalue weighted by Gasteiger charge is -2.31. The summed E-state index contributed by atoms with van der Waals surface area (Å²) in [7, 11) is 0. The number of anilines is 1. The summed E-state index contributed by atoms with van der Waals surface area (Å²) in [4.78, 5) is 36.5. The Morgan fingerprint density at radius 2 is 1.49 bits per heavy atom. The number of hydrogen-bond acceptors (Lipinski definition) is 4. The fourth-order valence-electron chi connectivity index (χ4n) is 4.84. The number of rotatable bonds is 7. The minimum absolute atomic E-state index is 0.0223. The molecule has 7 nitrogen and oxygen atoms in total. The number of ether oxygens (including phenoxy) is 1. The quantitative estimate of drug-likeness (QED) is 0.449. The van der Waals surface area contributed by atoms with Crippen LogP contribution >= 0.6 is 0 Å². The number of amides is 2. The van der Waals surface area contributed by atoms with Gasteiger partial charge < -0.3 is 15.2 Å². The Bertz CT molecular complexity index is 1220. The maximum atomic E-state index is 12.5. The molecule has 178 valence electrons. The van der Waals surface area contributed by atoms with Crippen molar-refractivity contribution < 1.29 is 24.2 Å². The van der Waals surface area contributed by atoms with E-state index < -0.39 is 24.0 Å². The molecule has 35 heavy (non-hydrogen) atoms. The fraction of sp³-hybridized carbons (Fsp3) is 0.250. The Labute approximate surface area is 203 Å². The van der Waals surface area contributed by atoms with Gasteiger partial charge in [-0.15, -0.1) is 0 Å². The SMILES string of the molecule is O=C(Nc1ccc(C(=O)NC(C(=O)O)C2CCC2)cc1)OCC1c2ccccc2-c2ccccc21. The summed E-state index contributed by atoms with van der Waals surface area (Å²) < 4.78 is 5.55. The van der Waals surface area contributed by atoms with Crippen molar-refractivity contribution in [3.63, 3.8) is 0 Å². The van der Waals surface area contributed by atoms with Crippen LogP contribution in [-0.2, 0) is 9.53 Å². The Hall–Kier alpha value is -4.13. The fourth-order valence-corrected chi connectivity index (χ4v) is 4.84. The second kappa shape index (κ2) is 9.62. The van der Waals surface area contributed by atoms with Gasteiger partial charge in [0.1, 0.15) is 12.6 Å². The lowest BCUT2D eigenvalue weighted by atomic mass is 9.79. The number of aliphatic carboxylic acids is 1.